The maximum Gasteiger partial charge on any atom is 0.106 e. The molecule has 4 aromatic rings. The molecule has 0 N–H and O–H groups in total. The van der Waals surface area contributed by atoms with Crippen molar-refractivity contribution in [2.24, 2.45) is 0 Å². The van der Waals surface area contributed by atoms with Gasteiger partial charge in [-0.05, 0) is 24.3 Å². The molecule has 5 rings (SSSR count). The predicted molar refractivity (Wildman–Crippen MR) is 115 cm³/mol. The van der Waals surface area contributed by atoms with E-state index in [1.165, 1.54) is 27.5 Å². The van der Waals surface area contributed by atoms with Crippen molar-refractivity contribution < 1.29 is 0 Å². The minimum absolute atomic E-state index is 0.981. The number of rotatable bonds is 3. The molecule has 1 aliphatic rings. The molecule has 0 atom stereocenters. The number of piperazine rings is 1. The van der Waals surface area contributed by atoms with Crippen LogP contribution in [0.3, 0.4) is 0 Å². The lowest BCUT2D eigenvalue weighted by molar-refractivity contribution is 0.355. The molecule has 27 heavy (non-hydrogen) atoms. The average molecular weight is 353 g/mol. The summed E-state index contributed by atoms with van der Waals surface area (Å²) in [4.78, 5) is 4.87. The van der Waals surface area contributed by atoms with Crippen molar-refractivity contribution in [1.82, 2.24) is 9.47 Å². The van der Waals surface area contributed by atoms with Crippen LogP contribution in [0.4, 0.5) is 5.69 Å². The first-order valence-corrected chi connectivity index (χ1v) is 9.55. The second-order valence-corrected chi connectivity index (χ2v) is 7.10. The molecular formula is C24H23N3. The van der Waals surface area contributed by atoms with Crippen LogP contribution in [0.5, 0.6) is 0 Å². The summed E-state index contributed by atoms with van der Waals surface area (Å²) in [6.45, 7) is 8.48. The van der Waals surface area contributed by atoms with Crippen LogP contribution in [0.25, 0.3) is 27.6 Å². The van der Waals surface area contributed by atoms with Crippen LogP contribution in [-0.2, 0) is 0 Å². The normalized spacial score (nSPS) is 14.8. The third kappa shape index (κ3) is 2.67. The fourth-order valence-corrected chi connectivity index (χ4v) is 4.20. The Labute approximate surface area is 159 Å². The van der Waals surface area contributed by atoms with Crippen LogP contribution < -0.4 is 4.90 Å². The molecule has 134 valence electrons. The highest BCUT2D eigenvalue weighted by molar-refractivity contribution is 6.09. The van der Waals surface area contributed by atoms with Crippen molar-refractivity contribution in [3.8, 4) is 0 Å². The van der Waals surface area contributed by atoms with Crippen molar-refractivity contribution in [1.29, 1.82) is 0 Å². The first kappa shape index (κ1) is 16.0. The predicted octanol–water partition coefficient (Wildman–Crippen LogP) is 5.04. The quantitative estimate of drug-likeness (QED) is 0.511. The monoisotopic (exact) mass is 353 g/mol. The summed E-state index contributed by atoms with van der Waals surface area (Å²) in [6.07, 6.45) is 0. The maximum atomic E-state index is 4.49. The van der Waals surface area contributed by atoms with Crippen molar-refractivity contribution in [2.75, 3.05) is 31.1 Å². The van der Waals surface area contributed by atoms with Crippen LogP contribution in [0.2, 0.25) is 0 Å². The number of aromatic nitrogens is 1. The summed E-state index contributed by atoms with van der Waals surface area (Å²) in [6, 6.07) is 27.9. The van der Waals surface area contributed by atoms with Gasteiger partial charge in [-0.2, -0.15) is 0 Å². The maximum absolute atomic E-state index is 4.49. The van der Waals surface area contributed by atoms with Crippen molar-refractivity contribution in [2.45, 2.75) is 0 Å². The van der Waals surface area contributed by atoms with Crippen LogP contribution in [0.1, 0.15) is 0 Å². The number of para-hydroxylation sites is 3. The standard InChI is InChI=1S/C24H23N3/c1-19(25-15-17-26(18-16-25)20-9-3-2-4-10-20)27-23-13-7-5-11-21(23)22-12-6-8-14-24(22)27/h2-14H,1,15-18H2. The van der Waals surface area contributed by atoms with Crippen LogP contribution >= 0.6 is 0 Å². The van der Waals surface area contributed by atoms with Gasteiger partial charge in [0.25, 0.3) is 0 Å². The molecular weight excluding hydrogens is 330 g/mol. The van der Waals surface area contributed by atoms with E-state index in [0.29, 0.717) is 0 Å². The Kier molecular flexibility index (Phi) is 3.86. The second-order valence-electron chi connectivity index (χ2n) is 7.10. The van der Waals surface area contributed by atoms with Gasteiger partial charge in [0, 0.05) is 42.6 Å². The Morgan fingerprint density at radius 1 is 0.630 bits per heavy atom. The van der Waals surface area contributed by atoms with Crippen molar-refractivity contribution in [3.63, 3.8) is 0 Å². The lowest BCUT2D eigenvalue weighted by atomic mass is 10.2. The minimum Gasteiger partial charge on any atom is -0.368 e. The number of hydrogen-bond acceptors (Lipinski definition) is 2. The second kappa shape index (κ2) is 6.51. The fraction of sp³-hybridized carbons (Fsp3) is 0.167. The van der Waals surface area contributed by atoms with E-state index in [-0.39, 0.29) is 0 Å². The molecule has 1 aliphatic heterocycles. The zero-order valence-electron chi connectivity index (χ0n) is 15.4. The van der Waals surface area contributed by atoms with E-state index >= 15 is 0 Å². The van der Waals surface area contributed by atoms with Crippen molar-refractivity contribution >= 4 is 33.3 Å². The first-order chi connectivity index (χ1) is 13.3. The number of fused-ring (bicyclic) bond motifs is 3. The highest BCUT2D eigenvalue weighted by Gasteiger charge is 2.21. The molecule has 3 heteroatoms. The number of anilines is 1. The molecule has 0 bridgehead atoms. The summed E-state index contributed by atoms with van der Waals surface area (Å²) >= 11 is 0. The van der Waals surface area contributed by atoms with E-state index in [4.69, 9.17) is 0 Å². The molecule has 1 fully saturated rings. The molecule has 0 radical (unpaired) electrons. The number of nitrogens with zero attached hydrogens (tertiary/aromatic N) is 3. The third-order valence-corrected chi connectivity index (χ3v) is 5.60. The van der Waals surface area contributed by atoms with Crippen molar-refractivity contribution in [3.05, 3.63) is 85.4 Å². The van der Waals surface area contributed by atoms with E-state index in [1.54, 1.807) is 0 Å². The van der Waals surface area contributed by atoms with E-state index in [0.717, 1.165) is 32.0 Å². The van der Waals surface area contributed by atoms with Crippen LogP contribution in [-0.4, -0.2) is 35.6 Å². The first-order valence-electron chi connectivity index (χ1n) is 9.55. The third-order valence-electron chi connectivity index (χ3n) is 5.60. The Morgan fingerprint density at radius 3 is 1.74 bits per heavy atom. The molecule has 0 amide bonds. The average Bonchev–Trinajstić information content (AvgIpc) is 3.08. The Bertz CT molecular complexity index is 1050. The summed E-state index contributed by atoms with van der Waals surface area (Å²) in [5.74, 6) is 1.07. The highest BCUT2D eigenvalue weighted by Crippen LogP contribution is 2.32. The topological polar surface area (TPSA) is 11.4 Å². The SMILES string of the molecule is C=C(N1CCN(c2ccccc2)CC1)n1c2ccccc2c2ccccc21. The van der Waals surface area contributed by atoms with Gasteiger partial charge in [-0.25, -0.2) is 0 Å². The van der Waals surface area contributed by atoms with Gasteiger partial charge in [0.1, 0.15) is 5.82 Å². The zero-order chi connectivity index (χ0) is 18.2. The van der Waals surface area contributed by atoms with Gasteiger partial charge in [-0.3, -0.25) is 4.57 Å². The molecule has 1 aromatic heterocycles. The smallest absolute Gasteiger partial charge is 0.106 e. The summed E-state index contributed by atoms with van der Waals surface area (Å²) < 4.78 is 2.32. The van der Waals surface area contributed by atoms with E-state index in [1.807, 2.05) is 0 Å². The number of hydrogen-bond donors (Lipinski definition) is 0. The van der Waals surface area contributed by atoms with Crippen LogP contribution in [0, 0.1) is 0 Å². The summed E-state index contributed by atoms with van der Waals surface area (Å²) in [5, 5.41) is 2.58. The molecule has 3 aromatic carbocycles. The van der Waals surface area contributed by atoms with E-state index in [9.17, 15) is 0 Å². The van der Waals surface area contributed by atoms with Gasteiger partial charge in [0.15, 0.2) is 0 Å². The Hall–Kier alpha value is -3.20. The lowest BCUT2D eigenvalue weighted by Crippen LogP contribution is -2.46. The lowest BCUT2D eigenvalue weighted by Gasteiger charge is -2.38. The molecule has 0 unspecified atom stereocenters. The van der Waals surface area contributed by atoms with Gasteiger partial charge in [0.05, 0.1) is 11.0 Å². The number of benzene rings is 3. The molecule has 1 saturated heterocycles. The largest absolute Gasteiger partial charge is 0.368 e. The van der Waals surface area contributed by atoms with E-state index < -0.39 is 0 Å². The van der Waals surface area contributed by atoms with Gasteiger partial charge in [0.2, 0.25) is 0 Å². The zero-order valence-corrected chi connectivity index (χ0v) is 15.4. The molecule has 0 saturated carbocycles. The summed E-state index contributed by atoms with van der Waals surface area (Å²) in [5.41, 5.74) is 3.77. The summed E-state index contributed by atoms with van der Waals surface area (Å²) in [7, 11) is 0. The molecule has 3 nitrogen and oxygen atoms in total. The molecule has 0 spiro atoms. The van der Waals surface area contributed by atoms with Gasteiger partial charge in [-0.1, -0.05) is 61.2 Å². The van der Waals surface area contributed by atoms with Gasteiger partial charge < -0.3 is 9.80 Å². The molecule has 0 aliphatic carbocycles. The van der Waals surface area contributed by atoms with Crippen LogP contribution in [0.15, 0.2) is 85.4 Å². The Balaban J connectivity index is 1.47. The Morgan fingerprint density at radius 2 is 1.15 bits per heavy atom. The van der Waals surface area contributed by atoms with Gasteiger partial charge in [-0.15, -0.1) is 0 Å². The molecule has 2 heterocycles. The highest BCUT2D eigenvalue weighted by atomic mass is 15.3. The van der Waals surface area contributed by atoms with Gasteiger partial charge >= 0.3 is 0 Å². The minimum atomic E-state index is 0.981. The fourth-order valence-electron chi connectivity index (χ4n) is 4.20. The van der Waals surface area contributed by atoms with E-state index in [2.05, 4.69) is 99.8 Å².